The van der Waals surface area contributed by atoms with Crippen LogP contribution in [-0.2, 0) is 22.7 Å². The Morgan fingerprint density at radius 3 is 2.16 bits per heavy atom. The van der Waals surface area contributed by atoms with E-state index in [0.29, 0.717) is 27.8 Å². The molecular formula is C27H29F2IN4O3. The molecule has 0 bridgehead atoms. The molecule has 1 heterocycles. The highest BCUT2D eigenvalue weighted by Crippen LogP contribution is 2.25. The molecule has 196 valence electrons. The minimum absolute atomic E-state index is 0.0690. The van der Waals surface area contributed by atoms with Crippen molar-refractivity contribution in [3.63, 3.8) is 0 Å². The topological polar surface area (TPSA) is 83.4 Å². The minimum atomic E-state index is -0.545. The fourth-order valence-corrected chi connectivity index (χ4v) is 4.56. The summed E-state index contributed by atoms with van der Waals surface area (Å²) in [5, 5.41) is 5.61. The smallest absolute Gasteiger partial charge is 0.276 e. The Morgan fingerprint density at radius 2 is 1.62 bits per heavy atom. The summed E-state index contributed by atoms with van der Waals surface area (Å²) in [6.45, 7) is 3.97. The van der Waals surface area contributed by atoms with Gasteiger partial charge in [-0.15, -0.1) is 0 Å². The number of hydrogen-bond donors (Lipinski definition) is 2. The molecular weight excluding hydrogens is 593 g/mol. The lowest BCUT2D eigenvalue weighted by atomic mass is 10.1. The van der Waals surface area contributed by atoms with Gasteiger partial charge in [0.25, 0.3) is 5.56 Å². The molecule has 0 aliphatic carbocycles. The first kappa shape index (κ1) is 28.5. The first-order chi connectivity index (χ1) is 17.7. The number of pyridine rings is 1. The van der Waals surface area contributed by atoms with Gasteiger partial charge in [0.1, 0.15) is 23.9 Å². The van der Waals surface area contributed by atoms with Crippen molar-refractivity contribution in [3.8, 4) is 11.3 Å². The maximum Gasteiger partial charge on any atom is 0.276 e. The van der Waals surface area contributed by atoms with Gasteiger partial charge in [-0.2, -0.15) is 0 Å². The van der Waals surface area contributed by atoms with Crippen LogP contribution >= 0.6 is 22.6 Å². The van der Waals surface area contributed by atoms with Gasteiger partial charge in [-0.3, -0.25) is 19.0 Å². The predicted molar refractivity (Wildman–Crippen MR) is 148 cm³/mol. The van der Waals surface area contributed by atoms with E-state index in [9.17, 15) is 23.2 Å². The summed E-state index contributed by atoms with van der Waals surface area (Å²) in [6.07, 6.45) is 0.522. The summed E-state index contributed by atoms with van der Waals surface area (Å²) < 4.78 is 28.7. The SMILES string of the molecule is CCC(NC)C(=O)Nc1c(I)cc(-c2ccc(F)cc2)n(CC(=O)N(CC)Cc2ccc(F)cc2)c1=O. The molecule has 0 spiro atoms. The number of rotatable bonds is 10. The molecule has 0 saturated carbocycles. The highest BCUT2D eigenvalue weighted by molar-refractivity contribution is 14.1. The molecule has 1 unspecified atom stereocenters. The number of nitrogens with zero attached hydrogens (tertiary/aromatic N) is 2. The van der Waals surface area contributed by atoms with E-state index < -0.39 is 17.4 Å². The molecule has 2 N–H and O–H groups in total. The average Bonchev–Trinajstić information content (AvgIpc) is 2.88. The number of hydrogen-bond acceptors (Lipinski definition) is 4. The van der Waals surface area contributed by atoms with Crippen LogP contribution in [0.15, 0.2) is 59.4 Å². The van der Waals surface area contributed by atoms with Crippen LogP contribution < -0.4 is 16.2 Å². The number of halogens is 3. The van der Waals surface area contributed by atoms with Crippen LogP contribution in [0.4, 0.5) is 14.5 Å². The summed E-state index contributed by atoms with van der Waals surface area (Å²) in [4.78, 5) is 41.3. The lowest BCUT2D eigenvalue weighted by Gasteiger charge is -2.23. The minimum Gasteiger partial charge on any atom is -0.337 e. The van der Waals surface area contributed by atoms with Crippen LogP contribution in [0.2, 0.25) is 0 Å². The Hall–Kier alpha value is -3.12. The third-order valence-electron chi connectivity index (χ3n) is 6.03. The van der Waals surface area contributed by atoms with Gasteiger partial charge in [0, 0.05) is 16.7 Å². The van der Waals surface area contributed by atoms with Crippen LogP contribution in [0.1, 0.15) is 25.8 Å². The number of aromatic nitrogens is 1. The van der Waals surface area contributed by atoms with Gasteiger partial charge in [-0.1, -0.05) is 19.1 Å². The lowest BCUT2D eigenvalue weighted by Crippen LogP contribution is -2.41. The number of nitrogens with one attached hydrogen (secondary N) is 2. The van der Waals surface area contributed by atoms with Crippen molar-refractivity contribution >= 4 is 40.1 Å². The summed E-state index contributed by atoms with van der Waals surface area (Å²) >= 11 is 1.97. The second kappa shape index (κ2) is 12.9. The summed E-state index contributed by atoms with van der Waals surface area (Å²) in [6, 6.07) is 12.7. The number of carbonyl (C=O) groups excluding carboxylic acids is 2. The Bertz CT molecular complexity index is 1310. The summed E-state index contributed by atoms with van der Waals surface area (Å²) in [5.74, 6) is -1.50. The van der Waals surface area contributed by atoms with Gasteiger partial charge < -0.3 is 15.5 Å². The standard InChI is InChI=1S/C27H29F2IN4O3/c1-4-22(31-3)26(36)32-25-21(30)14-23(18-8-12-20(29)13-9-18)34(27(25)37)16-24(35)33(5-2)15-17-6-10-19(28)11-7-17/h6-14,22,31H,4-5,15-16H2,1-3H3,(H,32,36). The predicted octanol–water partition coefficient (Wildman–Crippen LogP) is 4.38. The molecule has 0 fully saturated rings. The van der Waals surface area contributed by atoms with E-state index in [1.807, 2.05) is 36.4 Å². The molecule has 37 heavy (non-hydrogen) atoms. The number of anilines is 1. The van der Waals surface area contributed by atoms with E-state index in [1.54, 1.807) is 30.1 Å². The van der Waals surface area contributed by atoms with Gasteiger partial charge in [0.2, 0.25) is 11.8 Å². The van der Waals surface area contributed by atoms with Crippen LogP contribution in [0, 0.1) is 15.2 Å². The molecule has 0 saturated heterocycles. The van der Waals surface area contributed by atoms with Crippen molar-refractivity contribution in [1.82, 2.24) is 14.8 Å². The van der Waals surface area contributed by atoms with Gasteiger partial charge in [0.15, 0.2) is 0 Å². The van der Waals surface area contributed by atoms with E-state index in [0.717, 1.165) is 5.56 Å². The average molecular weight is 622 g/mol. The number of likely N-dealkylation sites (N-methyl/N-ethyl adjacent to an activating group) is 2. The molecule has 0 aliphatic heterocycles. The van der Waals surface area contributed by atoms with Crippen molar-refractivity contribution in [1.29, 1.82) is 0 Å². The van der Waals surface area contributed by atoms with Crippen LogP contribution in [-0.4, -0.2) is 40.9 Å². The second-order valence-electron chi connectivity index (χ2n) is 8.42. The van der Waals surface area contributed by atoms with E-state index in [-0.39, 0.29) is 36.4 Å². The monoisotopic (exact) mass is 622 g/mol. The third-order valence-corrected chi connectivity index (χ3v) is 6.88. The largest absolute Gasteiger partial charge is 0.337 e. The Balaban J connectivity index is 2.03. The first-order valence-electron chi connectivity index (χ1n) is 11.9. The maximum absolute atomic E-state index is 13.7. The van der Waals surface area contributed by atoms with Gasteiger partial charge in [0.05, 0.1) is 11.7 Å². The zero-order valence-electron chi connectivity index (χ0n) is 20.9. The zero-order valence-corrected chi connectivity index (χ0v) is 23.0. The molecule has 2 aromatic carbocycles. The lowest BCUT2D eigenvalue weighted by molar-refractivity contribution is -0.132. The highest BCUT2D eigenvalue weighted by Gasteiger charge is 2.23. The fourth-order valence-electron chi connectivity index (χ4n) is 3.90. The van der Waals surface area contributed by atoms with Gasteiger partial charge in [-0.05, 0) is 96.6 Å². The van der Waals surface area contributed by atoms with Gasteiger partial charge >= 0.3 is 0 Å². The molecule has 0 aliphatic rings. The molecule has 10 heteroatoms. The fraction of sp³-hybridized carbons (Fsp3) is 0.296. The number of carbonyl (C=O) groups is 2. The van der Waals surface area contributed by atoms with E-state index in [4.69, 9.17) is 0 Å². The number of benzene rings is 2. The Morgan fingerprint density at radius 1 is 1.03 bits per heavy atom. The number of amides is 2. The van der Waals surface area contributed by atoms with Crippen molar-refractivity contribution in [2.75, 3.05) is 18.9 Å². The highest BCUT2D eigenvalue weighted by atomic mass is 127. The van der Waals surface area contributed by atoms with E-state index in [2.05, 4.69) is 10.6 Å². The van der Waals surface area contributed by atoms with Crippen LogP contribution in [0.25, 0.3) is 11.3 Å². The molecule has 1 aromatic heterocycles. The molecule has 1 atom stereocenters. The van der Waals surface area contributed by atoms with Crippen molar-refractivity contribution in [2.45, 2.75) is 39.4 Å². The maximum atomic E-state index is 13.7. The molecule has 7 nitrogen and oxygen atoms in total. The van der Waals surface area contributed by atoms with Crippen molar-refractivity contribution in [3.05, 3.63) is 85.7 Å². The summed E-state index contributed by atoms with van der Waals surface area (Å²) in [5.41, 5.74) is 1.23. The van der Waals surface area contributed by atoms with Gasteiger partial charge in [-0.25, -0.2) is 8.78 Å². The Labute approximate surface area is 228 Å². The zero-order chi connectivity index (χ0) is 27.1. The van der Waals surface area contributed by atoms with Crippen LogP contribution in [0.5, 0.6) is 0 Å². The quantitative estimate of drug-likeness (QED) is 0.329. The third kappa shape index (κ3) is 7.01. The van der Waals surface area contributed by atoms with E-state index in [1.165, 1.54) is 41.0 Å². The molecule has 3 rings (SSSR count). The van der Waals surface area contributed by atoms with Crippen molar-refractivity contribution in [2.24, 2.45) is 0 Å². The van der Waals surface area contributed by atoms with Crippen molar-refractivity contribution < 1.29 is 18.4 Å². The first-order valence-corrected chi connectivity index (χ1v) is 13.0. The Kier molecular flexibility index (Phi) is 9.93. The van der Waals surface area contributed by atoms with Crippen LogP contribution in [0.3, 0.4) is 0 Å². The molecule has 3 aromatic rings. The molecule has 2 amide bonds. The van der Waals surface area contributed by atoms with E-state index >= 15 is 0 Å². The normalized spacial score (nSPS) is 11.7. The molecule has 0 radical (unpaired) electrons. The summed E-state index contributed by atoms with van der Waals surface area (Å²) in [7, 11) is 1.66. The second-order valence-corrected chi connectivity index (χ2v) is 9.59.